The van der Waals surface area contributed by atoms with Crippen molar-refractivity contribution in [2.45, 2.75) is 44.8 Å². The normalized spacial score (nSPS) is 23.9. The molecule has 1 aromatic rings. The summed E-state index contributed by atoms with van der Waals surface area (Å²) in [4.78, 5) is 7.88. The molecule has 1 aliphatic carbocycles. The zero-order chi connectivity index (χ0) is 12.3. The van der Waals surface area contributed by atoms with Gasteiger partial charge in [-0.3, -0.25) is 0 Å². The van der Waals surface area contributed by atoms with Crippen molar-refractivity contribution >= 4 is 5.82 Å². The molecule has 0 spiro atoms. The van der Waals surface area contributed by atoms with Gasteiger partial charge in [0, 0.05) is 7.11 Å². The van der Waals surface area contributed by atoms with Gasteiger partial charge in [-0.2, -0.15) is 0 Å². The monoisotopic (exact) mass is 239 g/mol. The summed E-state index contributed by atoms with van der Waals surface area (Å²) in [5, 5.41) is 3.13. The molecule has 2 rings (SSSR count). The van der Waals surface area contributed by atoms with Crippen LogP contribution < -0.4 is 5.32 Å². The molecule has 1 saturated carbocycles. The number of aromatic nitrogens is 2. The maximum atomic E-state index is 13.9. The molecule has 1 fully saturated rings. The summed E-state index contributed by atoms with van der Waals surface area (Å²) in [5.41, 5.74) is 0.453. The smallest absolute Gasteiger partial charge is 0.186 e. The highest BCUT2D eigenvalue weighted by Gasteiger charge is 2.28. The third kappa shape index (κ3) is 2.54. The lowest BCUT2D eigenvalue weighted by Crippen LogP contribution is -2.30. The Morgan fingerprint density at radius 1 is 1.47 bits per heavy atom. The molecule has 1 N–H and O–H groups in total. The largest absolute Gasteiger partial charge is 0.379 e. The number of nitrogens with one attached hydrogen (secondary N) is 1. The Bertz CT molecular complexity index is 386. The van der Waals surface area contributed by atoms with Crippen molar-refractivity contribution in [2.75, 3.05) is 12.4 Å². The SMILES string of the molecule is CCc1ncnc(NC2CCCC2OC)c1F. The first kappa shape index (κ1) is 12.2. The number of rotatable bonds is 4. The van der Waals surface area contributed by atoms with Gasteiger partial charge in [0.25, 0.3) is 0 Å². The Kier molecular flexibility index (Phi) is 3.89. The highest BCUT2D eigenvalue weighted by atomic mass is 19.1. The van der Waals surface area contributed by atoms with Crippen LogP contribution in [0, 0.1) is 5.82 Å². The van der Waals surface area contributed by atoms with E-state index in [0.29, 0.717) is 17.9 Å². The molecular formula is C12H18FN3O. The Morgan fingerprint density at radius 2 is 2.29 bits per heavy atom. The number of anilines is 1. The minimum atomic E-state index is -0.336. The van der Waals surface area contributed by atoms with Gasteiger partial charge in [-0.25, -0.2) is 14.4 Å². The molecule has 2 unspecified atom stereocenters. The average molecular weight is 239 g/mol. The van der Waals surface area contributed by atoms with Crippen LogP contribution in [0.2, 0.25) is 0 Å². The average Bonchev–Trinajstić information content (AvgIpc) is 2.79. The van der Waals surface area contributed by atoms with Crippen LogP contribution in [0.15, 0.2) is 6.33 Å². The fraction of sp³-hybridized carbons (Fsp3) is 0.667. The molecule has 1 heterocycles. The lowest BCUT2D eigenvalue weighted by atomic mass is 10.2. The molecule has 0 aromatic carbocycles. The predicted octanol–water partition coefficient (Wildman–Crippen LogP) is 2.16. The van der Waals surface area contributed by atoms with E-state index >= 15 is 0 Å². The van der Waals surface area contributed by atoms with Crippen molar-refractivity contribution in [1.29, 1.82) is 0 Å². The summed E-state index contributed by atoms with van der Waals surface area (Å²) in [6, 6.07) is 0.147. The number of hydrogen-bond acceptors (Lipinski definition) is 4. The van der Waals surface area contributed by atoms with Crippen LogP contribution in [0.25, 0.3) is 0 Å². The first-order valence-electron chi connectivity index (χ1n) is 6.05. The second-order valence-corrected chi connectivity index (χ2v) is 4.29. The maximum Gasteiger partial charge on any atom is 0.186 e. The summed E-state index contributed by atoms with van der Waals surface area (Å²) < 4.78 is 19.3. The topological polar surface area (TPSA) is 47.0 Å². The number of hydrogen-bond donors (Lipinski definition) is 1. The van der Waals surface area contributed by atoms with Gasteiger partial charge in [0.1, 0.15) is 6.33 Å². The lowest BCUT2D eigenvalue weighted by molar-refractivity contribution is 0.101. The zero-order valence-electron chi connectivity index (χ0n) is 10.2. The molecule has 0 bridgehead atoms. The standard InChI is InChI=1S/C12H18FN3O/c1-3-8-11(13)12(15-7-14-8)16-9-5-4-6-10(9)17-2/h7,9-10H,3-6H2,1-2H3,(H,14,15,16). The zero-order valence-corrected chi connectivity index (χ0v) is 10.2. The van der Waals surface area contributed by atoms with E-state index in [1.165, 1.54) is 6.33 Å². The highest BCUT2D eigenvalue weighted by Crippen LogP contribution is 2.25. The van der Waals surface area contributed by atoms with E-state index in [4.69, 9.17) is 4.74 Å². The molecule has 2 atom stereocenters. The van der Waals surface area contributed by atoms with Crippen LogP contribution >= 0.6 is 0 Å². The van der Waals surface area contributed by atoms with Crippen molar-refractivity contribution in [2.24, 2.45) is 0 Å². The van der Waals surface area contributed by atoms with Crippen molar-refractivity contribution < 1.29 is 9.13 Å². The van der Waals surface area contributed by atoms with Gasteiger partial charge in [0.2, 0.25) is 0 Å². The van der Waals surface area contributed by atoms with E-state index in [9.17, 15) is 4.39 Å². The molecule has 0 radical (unpaired) electrons. The van der Waals surface area contributed by atoms with Crippen molar-refractivity contribution in [3.8, 4) is 0 Å². The molecule has 1 aliphatic rings. The van der Waals surface area contributed by atoms with E-state index in [1.807, 2.05) is 6.92 Å². The lowest BCUT2D eigenvalue weighted by Gasteiger charge is -2.20. The second-order valence-electron chi connectivity index (χ2n) is 4.29. The van der Waals surface area contributed by atoms with Crippen LogP contribution in [0.5, 0.6) is 0 Å². The summed E-state index contributed by atoms with van der Waals surface area (Å²) in [5.74, 6) is -0.0393. The van der Waals surface area contributed by atoms with Crippen LogP contribution in [-0.2, 0) is 11.2 Å². The molecule has 94 valence electrons. The second kappa shape index (κ2) is 5.40. The summed E-state index contributed by atoms with van der Waals surface area (Å²) in [6.45, 7) is 1.88. The van der Waals surface area contributed by atoms with Gasteiger partial charge >= 0.3 is 0 Å². The van der Waals surface area contributed by atoms with Crippen molar-refractivity contribution in [1.82, 2.24) is 9.97 Å². The van der Waals surface area contributed by atoms with E-state index < -0.39 is 0 Å². The Balaban J connectivity index is 2.13. The Morgan fingerprint density at radius 3 is 3.00 bits per heavy atom. The number of aryl methyl sites for hydroxylation is 1. The van der Waals surface area contributed by atoms with E-state index in [2.05, 4.69) is 15.3 Å². The fourth-order valence-electron chi connectivity index (χ4n) is 2.30. The van der Waals surface area contributed by atoms with Crippen LogP contribution in [0.1, 0.15) is 31.9 Å². The van der Waals surface area contributed by atoms with Gasteiger partial charge in [-0.05, 0) is 25.7 Å². The van der Waals surface area contributed by atoms with E-state index in [1.54, 1.807) is 7.11 Å². The molecule has 4 nitrogen and oxygen atoms in total. The summed E-state index contributed by atoms with van der Waals surface area (Å²) in [6.07, 6.45) is 5.23. The summed E-state index contributed by atoms with van der Waals surface area (Å²) >= 11 is 0. The van der Waals surface area contributed by atoms with Crippen LogP contribution in [0.3, 0.4) is 0 Å². The van der Waals surface area contributed by atoms with Gasteiger partial charge in [0.15, 0.2) is 11.6 Å². The van der Waals surface area contributed by atoms with Crippen molar-refractivity contribution in [3.05, 3.63) is 17.8 Å². The Hall–Kier alpha value is -1.23. The molecule has 0 amide bonds. The minimum absolute atomic E-state index is 0.147. The third-order valence-electron chi connectivity index (χ3n) is 3.27. The van der Waals surface area contributed by atoms with Gasteiger partial charge in [-0.15, -0.1) is 0 Å². The molecule has 1 aromatic heterocycles. The van der Waals surface area contributed by atoms with Gasteiger partial charge in [-0.1, -0.05) is 6.92 Å². The summed E-state index contributed by atoms with van der Waals surface area (Å²) in [7, 11) is 1.69. The Labute approximate surface area is 101 Å². The maximum absolute atomic E-state index is 13.9. The number of ether oxygens (including phenoxy) is 1. The minimum Gasteiger partial charge on any atom is -0.379 e. The number of halogens is 1. The van der Waals surface area contributed by atoms with Gasteiger partial charge in [0.05, 0.1) is 17.8 Å². The molecule has 0 saturated heterocycles. The van der Waals surface area contributed by atoms with Gasteiger partial charge < -0.3 is 10.1 Å². The first-order chi connectivity index (χ1) is 8.26. The molecular weight excluding hydrogens is 221 g/mol. The predicted molar refractivity (Wildman–Crippen MR) is 63.4 cm³/mol. The number of nitrogens with zero attached hydrogens (tertiary/aromatic N) is 2. The number of methoxy groups -OCH3 is 1. The highest BCUT2D eigenvalue weighted by molar-refractivity contribution is 5.39. The third-order valence-corrected chi connectivity index (χ3v) is 3.27. The molecule has 5 heteroatoms. The van der Waals surface area contributed by atoms with E-state index in [0.717, 1.165) is 19.3 Å². The first-order valence-corrected chi connectivity index (χ1v) is 6.05. The van der Waals surface area contributed by atoms with Crippen LogP contribution in [-0.4, -0.2) is 29.2 Å². The van der Waals surface area contributed by atoms with E-state index in [-0.39, 0.29) is 18.0 Å². The molecule has 0 aliphatic heterocycles. The van der Waals surface area contributed by atoms with Crippen molar-refractivity contribution in [3.63, 3.8) is 0 Å². The quantitative estimate of drug-likeness (QED) is 0.874. The van der Waals surface area contributed by atoms with Crippen LogP contribution in [0.4, 0.5) is 10.2 Å². The fourth-order valence-corrected chi connectivity index (χ4v) is 2.30. The molecule has 17 heavy (non-hydrogen) atoms.